The molecule has 23 heavy (non-hydrogen) atoms. The lowest BCUT2D eigenvalue weighted by Crippen LogP contribution is -2.28. The number of ether oxygens (including phenoxy) is 1. The van der Waals surface area contributed by atoms with Crippen LogP contribution in [0.3, 0.4) is 0 Å². The number of aromatic carboxylic acids is 1. The molecule has 0 atom stereocenters. The van der Waals surface area contributed by atoms with Gasteiger partial charge in [0, 0.05) is 6.20 Å². The second-order valence-electron chi connectivity index (χ2n) is 4.58. The maximum atomic E-state index is 11.9. The molecule has 0 radical (unpaired) electrons. The number of hydrogen-bond acceptors (Lipinski definition) is 4. The zero-order chi connectivity index (χ0) is 16.7. The van der Waals surface area contributed by atoms with Crippen LogP contribution in [0.25, 0.3) is 0 Å². The van der Waals surface area contributed by atoms with E-state index < -0.39 is 12.0 Å². The van der Waals surface area contributed by atoms with Crippen LogP contribution >= 0.6 is 0 Å². The third-order valence-corrected chi connectivity index (χ3v) is 2.93. The number of anilines is 1. The first-order valence-corrected chi connectivity index (χ1v) is 7.05. The lowest BCUT2D eigenvalue weighted by atomic mass is 10.2. The van der Waals surface area contributed by atoms with Crippen molar-refractivity contribution in [1.82, 2.24) is 10.3 Å². The van der Waals surface area contributed by atoms with Gasteiger partial charge in [0.1, 0.15) is 5.75 Å². The van der Waals surface area contributed by atoms with Crippen molar-refractivity contribution in [3.05, 3.63) is 53.9 Å². The average molecular weight is 315 g/mol. The second-order valence-corrected chi connectivity index (χ2v) is 4.58. The van der Waals surface area contributed by atoms with Gasteiger partial charge in [-0.1, -0.05) is 12.1 Å². The molecule has 3 N–H and O–H groups in total. The fraction of sp³-hybridized carbons (Fsp3) is 0.188. The Labute approximate surface area is 133 Å². The molecule has 2 aromatic rings. The summed E-state index contributed by atoms with van der Waals surface area (Å²) in [5.74, 6) is -0.458. The predicted molar refractivity (Wildman–Crippen MR) is 84.7 cm³/mol. The summed E-state index contributed by atoms with van der Waals surface area (Å²) in [6.07, 6.45) is 1.39. The van der Waals surface area contributed by atoms with E-state index in [9.17, 15) is 9.59 Å². The van der Waals surface area contributed by atoms with Crippen molar-refractivity contribution < 1.29 is 19.4 Å². The van der Waals surface area contributed by atoms with E-state index in [4.69, 9.17) is 9.84 Å². The van der Waals surface area contributed by atoms with Gasteiger partial charge in [0.25, 0.3) is 0 Å². The molecule has 0 unspecified atom stereocenters. The SMILES string of the molecule is CCOc1ccccc1NC(=O)NCc1cc(C(=O)O)ccn1. The normalized spacial score (nSPS) is 9.96. The van der Waals surface area contributed by atoms with E-state index in [2.05, 4.69) is 15.6 Å². The Hall–Kier alpha value is -3.09. The third kappa shape index (κ3) is 4.70. The Kier molecular flexibility index (Phi) is 5.51. The van der Waals surface area contributed by atoms with E-state index >= 15 is 0 Å². The molecule has 0 fully saturated rings. The number of para-hydroxylation sites is 2. The van der Waals surface area contributed by atoms with Gasteiger partial charge in [0.15, 0.2) is 0 Å². The van der Waals surface area contributed by atoms with Crippen molar-refractivity contribution in [2.24, 2.45) is 0 Å². The van der Waals surface area contributed by atoms with Gasteiger partial charge in [-0.2, -0.15) is 0 Å². The van der Waals surface area contributed by atoms with E-state index in [0.717, 1.165) is 0 Å². The fourth-order valence-electron chi connectivity index (χ4n) is 1.90. The van der Waals surface area contributed by atoms with Crippen LogP contribution in [0, 0.1) is 0 Å². The number of rotatable bonds is 6. The number of benzene rings is 1. The van der Waals surface area contributed by atoms with Gasteiger partial charge >= 0.3 is 12.0 Å². The van der Waals surface area contributed by atoms with Crippen LogP contribution in [0.1, 0.15) is 23.0 Å². The van der Waals surface area contributed by atoms with Gasteiger partial charge < -0.3 is 20.5 Å². The zero-order valence-corrected chi connectivity index (χ0v) is 12.6. The molecule has 2 rings (SSSR count). The lowest BCUT2D eigenvalue weighted by Gasteiger charge is -2.12. The van der Waals surface area contributed by atoms with E-state index in [1.165, 1.54) is 18.3 Å². The summed E-state index contributed by atoms with van der Waals surface area (Å²) < 4.78 is 5.42. The standard InChI is InChI=1S/C16H17N3O4/c1-2-23-14-6-4-3-5-13(14)19-16(22)18-10-12-9-11(15(20)21)7-8-17-12/h3-9H,2,10H2,1H3,(H,20,21)(H2,18,19,22). The fourth-order valence-corrected chi connectivity index (χ4v) is 1.90. The molecule has 7 nitrogen and oxygen atoms in total. The summed E-state index contributed by atoms with van der Waals surface area (Å²) in [5.41, 5.74) is 1.14. The van der Waals surface area contributed by atoms with Crippen molar-refractivity contribution in [1.29, 1.82) is 0 Å². The molecule has 120 valence electrons. The smallest absolute Gasteiger partial charge is 0.335 e. The summed E-state index contributed by atoms with van der Waals surface area (Å²) in [5, 5.41) is 14.2. The number of carbonyl (C=O) groups is 2. The maximum Gasteiger partial charge on any atom is 0.335 e. The highest BCUT2D eigenvalue weighted by Crippen LogP contribution is 2.23. The minimum Gasteiger partial charge on any atom is -0.492 e. The lowest BCUT2D eigenvalue weighted by molar-refractivity contribution is 0.0696. The summed E-state index contributed by atoms with van der Waals surface area (Å²) in [6.45, 7) is 2.47. The molecule has 1 aromatic carbocycles. The van der Waals surface area contributed by atoms with Gasteiger partial charge in [-0.25, -0.2) is 9.59 Å². The van der Waals surface area contributed by atoms with Crippen molar-refractivity contribution in [3.8, 4) is 5.75 Å². The molecule has 0 spiro atoms. The molecule has 1 heterocycles. The highest BCUT2D eigenvalue weighted by molar-refractivity contribution is 5.91. The summed E-state index contributed by atoms with van der Waals surface area (Å²) in [7, 11) is 0. The Morgan fingerprint density at radius 2 is 2.04 bits per heavy atom. The van der Waals surface area contributed by atoms with Gasteiger partial charge in [-0.15, -0.1) is 0 Å². The van der Waals surface area contributed by atoms with Crippen LogP contribution in [0.2, 0.25) is 0 Å². The molecule has 0 saturated heterocycles. The molecule has 0 bridgehead atoms. The number of carbonyl (C=O) groups excluding carboxylic acids is 1. The minimum absolute atomic E-state index is 0.115. The molecule has 7 heteroatoms. The number of carboxylic acids is 1. The van der Waals surface area contributed by atoms with Gasteiger partial charge in [-0.05, 0) is 31.2 Å². The Morgan fingerprint density at radius 3 is 2.78 bits per heavy atom. The van der Waals surface area contributed by atoms with Crippen molar-refractivity contribution >= 4 is 17.7 Å². The van der Waals surface area contributed by atoms with Crippen molar-refractivity contribution in [2.45, 2.75) is 13.5 Å². The third-order valence-electron chi connectivity index (χ3n) is 2.93. The molecule has 1 aromatic heterocycles. The van der Waals surface area contributed by atoms with Gasteiger partial charge in [0.05, 0.1) is 30.1 Å². The second kappa shape index (κ2) is 7.79. The van der Waals surface area contributed by atoms with Gasteiger partial charge in [0.2, 0.25) is 0 Å². The Bertz CT molecular complexity index is 703. The minimum atomic E-state index is -1.04. The maximum absolute atomic E-state index is 11.9. The monoisotopic (exact) mass is 315 g/mol. The molecule has 0 aliphatic carbocycles. The van der Waals surface area contributed by atoms with Crippen LogP contribution in [0.5, 0.6) is 5.75 Å². The zero-order valence-electron chi connectivity index (χ0n) is 12.6. The number of nitrogens with zero attached hydrogens (tertiary/aromatic N) is 1. The summed E-state index contributed by atoms with van der Waals surface area (Å²) in [6, 6.07) is 9.47. The number of aromatic nitrogens is 1. The summed E-state index contributed by atoms with van der Waals surface area (Å²) in [4.78, 5) is 26.8. The number of amides is 2. The molecule has 2 amide bonds. The van der Waals surface area contributed by atoms with Gasteiger partial charge in [-0.3, -0.25) is 4.98 Å². The van der Waals surface area contributed by atoms with E-state index in [0.29, 0.717) is 23.7 Å². The molecular weight excluding hydrogens is 298 g/mol. The van der Waals surface area contributed by atoms with Crippen LogP contribution in [-0.4, -0.2) is 28.7 Å². The quantitative estimate of drug-likeness (QED) is 0.760. The van der Waals surface area contributed by atoms with Crippen LogP contribution in [0.4, 0.5) is 10.5 Å². The average Bonchev–Trinajstić information content (AvgIpc) is 2.55. The van der Waals surface area contributed by atoms with Crippen LogP contribution in [-0.2, 0) is 6.54 Å². The highest BCUT2D eigenvalue weighted by atomic mass is 16.5. The molecule has 0 aliphatic heterocycles. The number of urea groups is 1. The Morgan fingerprint density at radius 1 is 1.26 bits per heavy atom. The topological polar surface area (TPSA) is 101 Å². The molecular formula is C16H17N3O4. The van der Waals surface area contributed by atoms with E-state index in [1.807, 2.05) is 13.0 Å². The number of hydrogen-bond donors (Lipinski definition) is 3. The van der Waals surface area contributed by atoms with Crippen molar-refractivity contribution in [3.63, 3.8) is 0 Å². The van der Waals surface area contributed by atoms with E-state index in [-0.39, 0.29) is 12.1 Å². The number of pyridine rings is 1. The predicted octanol–water partition coefficient (Wildman–Crippen LogP) is 2.50. The molecule has 0 aliphatic rings. The summed E-state index contributed by atoms with van der Waals surface area (Å²) >= 11 is 0. The first kappa shape index (κ1) is 16.3. The largest absolute Gasteiger partial charge is 0.492 e. The van der Waals surface area contributed by atoms with E-state index in [1.54, 1.807) is 18.2 Å². The molecule has 0 saturated carbocycles. The first-order chi connectivity index (χ1) is 11.1. The van der Waals surface area contributed by atoms with Crippen LogP contribution < -0.4 is 15.4 Å². The number of carboxylic acid groups (broad SMARTS) is 1. The first-order valence-electron chi connectivity index (χ1n) is 7.05. The Balaban J connectivity index is 1.95. The number of nitrogens with one attached hydrogen (secondary N) is 2. The van der Waals surface area contributed by atoms with Crippen molar-refractivity contribution in [2.75, 3.05) is 11.9 Å². The highest BCUT2D eigenvalue weighted by Gasteiger charge is 2.08. The van der Waals surface area contributed by atoms with Crippen LogP contribution in [0.15, 0.2) is 42.6 Å².